The fourth-order valence-corrected chi connectivity index (χ4v) is 1.82. The van der Waals surface area contributed by atoms with Crippen molar-refractivity contribution in [1.29, 1.82) is 0 Å². The van der Waals surface area contributed by atoms with Crippen molar-refractivity contribution in [2.45, 2.75) is 12.3 Å². The number of rotatable bonds is 5. The average Bonchev–Trinajstić information content (AvgIpc) is 2.46. The quantitative estimate of drug-likeness (QED) is 0.826. The molecule has 0 bridgehead atoms. The van der Waals surface area contributed by atoms with Gasteiger partial charge in [0, 0.05) is 18.6 Å². The first-order valence-corrected chi connectivity index (χ1v) is 5.75. The van der Waals surface area contributed by atoms with E-state index < -0.39 is 11.9 Å². The lowest BCUT2D eigenvalue weighted by Gasteiger charge is -2.13. The molecule has 0 saturated heterocycles. The normalized spacial score (nSPS) is 11.8. The number of carbonyl (C=O) groups is 2. The van der Waals surface area contributed by atoms with Crippen molar-refractivity contribution in [3.05, 3.63) is 60.2 Å². The van der Waals surface area contributed by atoms with E-state index in [0.29, 0.717) is 5.56 Å². The van der Waals surface area contributed by atoms with Gasteiger partial charge in [-0.2, -0.15) is 0 Å². The summed E-state index contributed by atoms with van der Waals surface area (Å²) in [7, 11) is 0. The molecular formula is C14H12N2O3. The van der Waals surface area contributed by atoms with Gasteiger partial charge in [-0.3, -0.25) is 19.6 Å². The van der Waals surface area contributed by atoms with Gasteiger partial charge in [0.15, 0.2) is 5.78 Å². The van der Waals surface area contributed by atoms with Crippen LogP contribution in [-0.4, -0.2) is 26.8 Å². The Balaban J connectivity index is 2.33. The molecule has 1 N–H and O–H groups in total. The van der Waals surface area contributed by atoms with Crippen molar-refractivity contribution in [2.75, 3.05) is 0 Å². The number of aliphatic carboxylic acids is 1. The summed E-state index contributed by atoms with van der Waals surface area (Å²) in [6.07, 6.45) is 4.32. The van der Waals surface area contributed by atoms with E-state index in [1.807, 2.05) is 0 Å². The molecule has 0 aliphatic rings. The predicted octanol–water partition coefficient (Wildman–Crippen LogP) is 1.92. The Morgan fingerprint density at radius 1 is 1.11 bits per heavy atom. The number of aromatic nitrogens is 2. The first-order valence-electron chi connectivity index (χ1n) is 5.75. The highest BCUT2D eigenvalue weighted by Crippen LogP contribution is 2.23. The van der Waals surface area contributed by atoms with E-state index in [9.17, 15) is 9.59 Å². The Labute approximate surface area is 110 Å². The molecule has 0 aliphatic carbocycles. The molecule has 0 fully saturated rings. The summed E-state index contributed by atoms with van der Waals surface area (Å²) in [5, 5.41) is 8.95. The molecule has 0 aliphatic heterocycles. The number of ketones is 1. The summed E-state index contributed by atoms with van der Waals surface area (Å²) in [5.74, 6) is -2.06. The second-order valence-corrected chi connectivity index (χ2v) is 4.01. The second-order valence-electron chi connectivity index (χ2n) is 4.01. The molecule has 1 unspecified atom stereocenters. The summed E-state index contributed by atoms with van der Waals surface area (Å²) < 4.78 is 0. The van der Waals surface area contributed by atoms with E-state index in [0.717, 1.165) is 0 Å². The zero-order chi connectivity index (χ0) is 13.7. The van der Waals surface area contributed by atoms with Crippen LogP contribution in [0.5, 0.6) is 0 Å². The zero-order valence-corrected chi connectivity index (χ0v) is 10.1. The van der Waals surface area contributed by atoms with E-state index in [1.165, 1.54) is 18.6 Å². The predicted molar refractivity (Wildman–Crippen MR) is 67.8 cm³/mol. The number of carbonyl (C=O) groups excluding carboxylic acids is 1. The lowest BCUT2D eigenvalue weighted by molar-refractivity contribution is -0.137. The van der Waals surface area contributed by atoms with Crippen molar-refractivity contribution in [2.24, 2.45) is 0 Å². The molecule has 2 aromatic heterocycles. The number of carboxylic acid groups (broad SMARTS) is 1. The smallest absolute Gasteiger partial charge is 0.304 e. The maximum atomic E-state index is 12.3. The Morgan fingerprint density at radius 2 is 1.84 bits per heavy atom. The highest BCUT2D eigenvalue weighted by Gasteiger charge is 2.25. The number of pyridine rings is 2. The standard InChI is InChI=1S/C14H12N2O3/c17-13(18)9-11(10-4-7-15-8-5-10)14(19)12-3-1-2-6-16-12/h1-8,11H,9H2,(H,17,18). The molecule has 2 aromatic rings. The minimum atomic E-state index is -1.02. The van der Waals surface area contributed by atoms with Crippen LogP contribution in [0.15, 0.2) is 48.9 Å². The highest BCUT2D eigenvalue weighted by molar-refractivity contribution is 6.01. The molecule has 0 spiro atoms. The van der Waals surface area contributed by atoms with Gasteiger partial charge in [0.25, 0.3) is 0 Å². The first kappa shape index (κ1) is 12.9. The van der Waals surface area contributed by atoms with Crippen LogP contribution in [0.4, 0.5) is 0 Å². The number of nitrogens with zero attached hydrogens (tertiary/aromatic N) is 2. The van der Waals surface area contributed by atoms with Gasteiger partial charge in [0.2, 0.25) is 0 Å². The Bertz CT molecular complexity index is 570. The van der Waals surface area contributed by atoms with Crippen molar-refractivity contribution in [3.8, 4) is 0 Å². The SMILES string of the molecule is O=C(O)CC(C(=O)c1ccccn1)c1ccncc1. The molecule has 96 valence electrons. The molecule has 0 amide bonds. The molecule has 5 nitrogen and oxygen atoms in total. The summed E-state index contributed by atoms with van der Waals surface area (Å²) in [6, 6.07) is 8.28. The topological polar surface area (TPSA) is 80.1 Å². The number of carboxylic acids is 1. The van der Waals surface area contributed by atoms with Crippen LogP contribution in [0.2, 0.25) is 0 Å². The Hall–Kier alpha value is -2.56. The molecule has 1 atom stereocenters. The zero-order valence-electron chi connectivity index (χ0n) is 10.1. The third kappa shape index (κ3) is 3.22. The van der Waals surface area contributed by atoms with Crippen molar-refractivity contribution < 1.29 is 14.7 Å². The van der Waals surface area contributed by atoms with E-state index in [-0.39, 0.29) is 17.9 Å². The molecule has 5 heteroatoms. The lowest BCUT2D eigenvalue weighted by Crippen LogP contribution is -2.18. The molecule has 2 rings (SSSR count). The van der Waals surface area contributed by atoms with Gasteiger partial charge in [-0.05, 0) is 29.8 Å². The molecule has 0 aromatic carbocycles. The van der Waals surface area contributed by atoms with E-state index >= 15 is 0 Å². The van der Waals surface area contributed by atoms with Gasteiger partial charge in [-0.15, -0.1) is 0 Å². The third-order valence-corrected chi connectivity index (χ3v) is 2.72. The fraction of sp³-hybridized carbons (Fsp3) is 0.143. The molecule has 0 radical (unpaired) electrons. The number of hydrogen-bond donors (Lipinski definition) is 1. The van der Waals surface area contributed by atoms with Crippen LogP contribution < -0.4 is 0 Å². The summed E-state index contributed by atoms with van der Waals surface area (Å²) in [4.78, 5) is 31.1. The van der Waals surface area contributed by atoms with E-state index in [1.54, 1.807) is 30.3 Å². The fourth-order valence-electron chi connectivity index (χ4n) is 1.82. The molecule has 19 heavy (non-hydrogen) atoms. The highest BCUT2D eigenvalue weighted by atomic mass is 16.4. The van der Waals surface area contributed by atoms with Gasteiger partial charge in [0.05, 0.1) is 12.3 Å². The van der Waals surface area contributed by atoms with E-state index in [2.05, 4.69) is 9.97 Å². The monoisotopic (exact) mass is 256 g/mol. The minimum Gasteiger partial charge on any atom is -0.481 e. The van der Waals surface area contributed by atoms with Crippen LogP contribution in [0, 0.1) is 0 Å². The van der Waals surface area contributed by atoms with Crippen LogP contribution >= 0.6 is 0 Å². The molecule has 2 heterocycles. The van der Waals surface area contributed by atoms with Crippen LogP contribution in [-0.2, 0) is 4.79 Å². The number of hydrogen-bond acceptors (Lipinski definition) is 4. The molecule has 0 saturated carbocycles. The lowest BCUT2D eigenvalue weighted by atomic mass is 9.90. The molecular weight excluding hydrogens is 244 g/mol. The van der Waals surface area contributed by atoms with Crippen LogP contribution in [0.25, 0.3) is 0 Å². The van der Waals surface area contributed by atoms with Gasteiger partial charge in [-0.25, -0.2) is 0 Å². The Morgan fingerprint density at radius 3 is 2.42 bits per heavy atom. The van der Waals surface area contributed by atoms with Crippen LogP contribution in [0.3, 0.4) is 0 Å². The largest absolute Gasteiger partial charge is 0.481 e. The summed E-state index contributed by atoms with van der Waals surface area (Å²) in [5.41, 5.74) is 0.901. The van der Waals surface area contributed by atoms with E-state index in [4.69, 9.17) is 5.11 Å². The van der Waals surface area contributed by atoms with Gasteiger partial charge in [-0.1, -0.05) is 6.07 Å². The maximum absolute atomic E-state index is 12.3. The second kappa shape index (κ2) is 5.86. The summed E-state index contributed by atoms with van der Waals surface area (Å²) in [6.45, 7) is 0. The van der Waals surface area contributed by atoms with Crippen molar-refractivity contribution in [1.82, 2.24) is 9.97 Å². The first-order chi connectivity index (χ1) is 9.18. The van der Waals surface area contributed by atoms with Gasteiger partial charge >= 0.3 is 5.97 Å². The average molecular weight is 256 g/mol. The van der Waals surface area contributed by atoms with Gasteiger partial charge < -0.3 is 5.11 Å². The van der Waals surface area contributed by atoms with Gasteiger partial charge in [0.1, 0.15) is 5.69 Å². The minimum absolute atomic E-state index is 0.264. The number of Topliss-reactive ketones (excluding diaryl/α,β-unsaturated/α-hetero) is 1. The van der Waals surface area contributed by atoms with Crippen molar-refractivity contribution >= 4 is 11.8 Å². The Kier molecular flexibility index (Phi) is 3.97. The maximum Gasteiger partial charge on any atom is 0.304 e. The van der Waals surface area contributed by atoms with Crippen LogP contribution in [0.1, 0.15) is 28.4 Å². The summed E-state index contributed by atoms with van der Waals surface area (Å²) >= 11 is 0. The van der Waals surface area contributed by atoms with Crippen molar-refractivity contribution in [3.63, 3.8) is 0 Å². The third-order valence-electron chi connectivity index (χ3n) is 2.72.